The van der Waals surface area contributed by atoms with Crippen molar-refractivity contribution in [3.8, 4) is 5.75 Å². The Morgan fingerprint density at radius 1 is 1.07 bits per heavy atom. The predicted octanol–water partition coefficient (Wildman–Crippen LogP) is 4.19. The van der Waals surface area contributed by atoms with Crippen molar-refractivity contribution >= 4 is 27.6 Å². The third-order valence-corrected chi connectivity index (χ3v) is 5.16. The number of rotatable bonds is 6. The van der Waals surface area contributed by atoms with Crippen molar-refractivity contribution in [2.24, 2.45) is 7.05 Å². The number of carbonyl (C=O) groups is 1. The number of aromatic nitrogens is 1. The topological polar surface area (TPSA) is 63.5 Å². The zero-order valence-electron chi connectivity index (χ0n) is 16.6. The quantitative estimate of drug-likeness (QED) is 0.520. The first-order valence-electron chi connectivity index (χ1n) is 9.75. The average molecular weight is 388 g/mol. The van der Waals surface area contributed by atoms with Gasteiger partial charge in [-0.25, -0.2) is 0 Å². The van der Waals surface area contributed by atoms with Crippen LogP contribution >= 0.6 is 0 Å². The second-order valence-corrected chi connectivity index (χ2v) is 7.03. The first kappa shape index (κ1) is 19.0. The number of para-hydroxylation sites is 1. The summed E-state index contributed by atoms with van der Waals surface area (Å²) in [6.07, 6.45) is 1.10. The molecule has 4 rings (SSSR count). The molecule has 29 heavy (non-hydrogen) atoms. The lowest BCUT2D eigenvalue weighted by atomic mass is 10.0. The third kappa shape index (κ3) is 3.57. The van der Waals surface area contributed by atoms with E-state index < -0.39 is 6.10 Å². The van der Waals surface area contributed by atoms with Gasteiger partial charge in [-0.1, -0.05) is 48.5 Å². The molecule has 1 aromatic heterocycles. The first-order chi connectivity index (χ1) is 14.1. The van der Waals surface area contributed by atoms with E-state index in [1.165, 1.54) is 0 Å². The van der Waals surface area contributed by atoms with Gasteiger partial charge in [0.05, 0.1) is 18.3 Å². The molecule has 0 aliphatic rings. The Kier molecular flexibility index (Phi) is 5.23. The van der Waals surface area contributed by atoms with Gasteiger partial charge in [-0.15, -0.1) is 0 Å². The fourth-order valence-corrected chi connectivity index (χ4v) is 3.79. The number of benzene rings is 3. The maximum atomic E-state index is 13.1. The maximum Gasteiger partial charge on any atom is 0.255 e. The van der Waals surface area contributed by atoms with Gasteiger partial charge in [0.15, 0.2) is 0 Å². The Hall–Kier alpha value is -3.31. The van der Waals surface area contributed by atoms with Crippen LogP contribution in [-0.2, 0) is 7.05 Å². The van der Waals surface area contributed by atoms with Gasteiger partial charge in [-0.05, 0) is 29.8 Å². The van der Waals surface area contributed by atoms with Crippen LogP contribution in [0.4, 0.5) is 0 Å². The zero-order valence-corrected chi connectivity index (χ0v) is 16.6. The summed E-state index contributed by atoms with van der Waals surface area (Å²) >= 11 is 0. The lowest BCUT2D eigenvalue weighted by Crippen LogP contribution is -2.29. The number of aliphatic hydroxyl groups excluding tert-OH is 1. The van der Waals surface area contributed by atoms with Gasteiger partial charge < -0.3 is 19.7 Å². The first-order valence-corrected chi connectivity index (χ1v) is 9.75. The molecule has 0 aliphatic heterocycles. The van der Waals surface area contributed by atoms with Crippen LogP contribution in [0.5, 0.6) is 5.75 Å². The van der Waals surface area contributed by atoms with Crippen molar-refractivity contribution in [2.75, 3.05) is 13.2 Å². The monoisotopic (exact) mass is 388 g/mol. The highest BCUT2D eigenvalue weighted by atomic mass is 16.5. The second-order valence-electron chi connectivity index (χ2n) is 7.03. The van der Waals surface area contributed by atoms with Crippen LogP contribution in [0.1, 0.15) is 28.9 Å². The van der Waals surface area contributed by atoms with Crippen LogP contribution in [-0.4, -0.2) is 28.7 Å². The standard InChI is InChI=1S/C24H24N2O3/c1-3-29-22-13-12-16-8-4-5-9-17(16)23(22)24(28)25-14-21(27)19-15-26(2)20-11-7-6-10-18(19)20/h4-13,15,21,27H,3,14H2,1-2H3,(H,25,28). The van der Waals surface area contributed by atoms with Gasteiger partial charge in [-0.3, -0.25) is 4.79 Å². The summed E-state index contributed by atoms with van der Waals surface area (Å²) in [6, 6.07) is 19.4. The Bertz CT molecular complexity index is 1180. The second kappa shape index (κ2) is 7.97. The molecule has 5 nitrogen and oxygen atoms in total. The normalized spacial score (nSPS) is 12.2. The molecule has 1 unspecified atom stereocenters. The van der Waals surface area contributed by atoms with E-state index in [1.54, 1.807) is 0 Å². The average Bonchev–Trinajstić information content (AvgIpc) is 3.09. The smallest absolute Gasteiger partial charge is 0.255 e. The van der Waals surface area contributed by atoms with Gasteiger partial charge in [0.1, 0.15) is 5.75 Å². The maximum absolute atomic E-state index is 13.1. The highest BCUT2D eigenvalue weighted by Gasteiger charge is 2.19. The highest BCUT2D eigenvalue weighted by Crippen LogP contribution is 2.29. The molecule has 0 bridgehead atoms. The van der Waals surface area contributed by atoms with Gasteiger partial charge in [-0.2, -0.15) is 0 Å². The van der Waals surface area contributed by atoms with Crippen LogP contribution in [0, 0.1) is 0 Å². The van der Waals surface area contributed by atoms with Crippen molar-refractivity contribution < 1.29 is 14.6 Å². The van der Waals surface area contributed by atoms with Crippen molar-refractivity contribution in [3.05, 3.63) is 78.0 Å². The summed E-state index contributed by atoms with van der Waals surface area (Å²) in [5.41, 5.74) is 2.34. The van der Waals surface area contributed by atoms with Crippen LogP contribution < -0.4 is 10.1 Å². The molecule has 2 N–H and O–H groups in total. The van der Waals surface area contributed by atoms with Crippen molar-refractivity contribution in [3.63, 3.8) is 0 Å². The number of nitrogens with zero attached hydrogens (tertiary/aromatic N) is 1. The number of carbonyl (C=O) groups excluding carboxylic acids is 1. The number of fused-ring (bicyclic) bond motifs is 2. The van der Waals surface area contributed by atoms with Crippen LogP contribution in [0.3, 0.4) is 0 Å². The van der Waals surface area contributed by atoms with Crippen LogP contribution in [0.2, 0.25) is 0 Å². The molecule has 0 aliphatic carbocycles. The van der Waals surface area contributed by atoms with Crippen molar-refractivity contribution in [1.29, 1.82) is 0 Å². The van der Waals surface area contributed by atoms with E-state index in [9.17, 15) is 9.90 Å². The lowest BCUT2D eigenvalue weighted by Gasteiger charge is -2.15. The van der Waals surface area contributed by atoms with Gasteiger partial charge in [0, 0.05) is 36.3 Å². The summed E-state index contributed by atoms with van der Waals surface area (Å²) in [5.74, 6) is 0.285. The molecule has 4 aromatic rings. The Balaban J connectivity index is 1.60. The summed E-state index contributed by atoms with van der Waals surface area (Å²) in [4.78, 5) is 13.1. The molecule has 1 amide bonds. The number of hydrogen-bond acceptors (Lipinski definition) is 3. The molecule has 1 atom stereocenters. The predicted molar refractivity (Wildman–Crippen MR) is 115 cm³/mol. The van der Waals surface area contributed by atoms with E-state index >= 15 is 0 Å². The minimum Gasteiger partial charge on any atom is -0.493 e. The summed E-state index contributed by atoms with van der Waals surface area (Å²) < 4.78 is 7.67. The minimum absolute atomic E-state index is 0.113. The Labute approximate surface area is 169 Å². The van der Waals surface area contributed by atoms with Gasteiger partial charge in [0.2, 0.25) is 0 Å². The van der Waals surface area contributed by atoms with Crippen LogP contribution in [0.25, 0.3) is 21.7 Å². The van der Waals surface area contributed by atoms with E-state index in [2.05, 4.69) is 5.32 Å². The van der Waals surface area contributed by atoms with E-state index in [1.807, 2.05) is 85.4 Å². The summed E-state index contributed by atoms with van der Waals surface area (Å²) in [5, 5.41) is 16.4. The molecule has 5 heteroatoms. The van der Waals surface area contributed by atoms with E-state index in [0.29, 0.717) is 17.9 Å². The van der Waals surface area contributed by atoms with E-state index in [0.717, 1.165) is 27.2 Å². The summed E-state index contributed by atoms with van der Waals surface area (Å²) in [6.45, 7) is 2.47. The molecule has 0 spiro atoms. The molecule has 0 radical (unpaired) electrons. The number of ether oxygens (including phenoxy) is 1. The highest BCUT2D eigenvalue weighted by molar-refractivity contribution is 6.09. The largest absolute Gasteiger partial charge is 0.493 e. The minimum atomic E-state index is -0.810. The fraction of sp³-hybridized carbons (Fsp3) is 0.208. The van der Waals surface area contributed by atoms with Crippen molar-refractivity contribution in [1.82, 2.24) is 9.88 Å². The molecule has 1 heterocycles. The molecule has 3 aromatic carbocycles. The molecule has 148 valence electrons. The Morgan fingerprint density at radius 3 is 2.59 bits per heavy atom. The third-order valence-electron chi connectivity index (χ3n) is 5.16. The lowest BCUT2D eigenvalue weighted by molar-refractivity contribution is 0.0915. The van der Waals surface area contributed by atoms with E-state index in [4.69, 9.17) is 4.74 Å². The molecular formula is C24H24N2O3. The molecule has 0 saturated carbocycles. The van der Waals surface area contributed by atoms with E-state index in [-0.39, 0.29) is 12.5 Å². The molecule has 0 saturated heterocycles. The number of aryl methyl sites for hydroxylation is 1. The zero-order chi connectivity index (χ0) is 20.4. The fourth-order valence-electron chi connectivity index (χ4n) is 3.79. The van der Waals surface area contributed by atoms with Gasteiger partial charge >= 0.3 is 0 Å². The van der Waals surface area contributed by atoms with Crippen LogP contribution in [0.15, 0.2) is 66.9 Å². The van der Waals surface area contributed by atoms with Gasteiger partial charge in [0.25, 0.3) is 5.91 Å². The molecule has 0 fully saturated rings. The number of aliphatic hydroxyl groups is 1. The number of nitrogens with one attached hydrogen (secondary N) is 1. The van der Waals surface area contributed by atoms with Crippen molar-refractivity contribution in [2.45, 2.75) is 13.0 Å². The molecular weight excluding hydrogens is 364 g/mol. The number of amides is 1. The SMILES string of the molecule is CCOc1ccc2ccccc2c1C(=O)NCC(O)c1cn(C)c2ccccc12. The number of hydrogen-bond donors (Lipinski definition) is 2. The summed E-state index contributed by atoms with van der Waals surface area (Å²) in [7, 11) is 1.95. The Morgan fingerprint density at radius 2 is 1.79 bits per heavy atom.